The molecule has 0 spiro atoms. The van der Waals surface area contributed by atoms with Crippen molar-refractivity contribution in [1.29, 1.82) is 0 Å². The third kappa shape index (κ3) is 3.52. The first-order valence-electron chi connectivity index (χ1n) is 8.70. The maximum atomic E-state index is 12.5. The second-order valence-corrected chi connectivity index (χ2v) is 7.63. The van der Waals surface area contributed by atoms with Crippen molar-refractivity contribution in [3.05, 3.63) is 64.6 Å². The zero-order chi connectivity index (χ0) is 17.2. The van der Waals surface area contributed by atoms with Crippen molar-refractivity contribution in [1.82, 2.24) is 4.90 Å². The van der Waals surface area contributed by atoms with Gasteiger partial charge in [0.15, 0.2) is 0 Å². The van der Waals surface area contributed by atoms with Crippen molar-refractivity contribution >= 4 is 27.7 Å². The van der Waals surface area contributed by atoms with Crippen molar-refractivity contribution < 1.29 is 9.53 Å². The first-order valence-corrected chi connectivity index (χ1v) is 9.49. The monoisotopic (exact) mass is 400 g/mol. The normalized spacial score (nSPS) is 22.1. The topological polar surface area (TPSA) is 32.8 Å². The Morgan fingerprint density at radius 3 is 2.44 bits per heavy atom. The van der Waals surface area contributed by atoms with Crippen LogP contribution in [0.25, 0.3) is 0 Å². The van der Waals surface area contributed by atoms with Gasteiger partial charge in [-0.05, 0) is 36.6 Å². The third-order valence-corrected chi connectivity index (χ3v) is 5.55. The minimum atomic E-state index is -0.199. The van der Waals surface area contributed by atoms with Crippen LogP contribution in [0.2, 0.25) is 0 Å². The van der Waals surface area contributed by atoms with Crippen molar-refractivity contribution in [2.24, 2.45) is 0 Å². The molecule has 2 aromatic carbocycles. The number of ether oxygens (including phenoxy) is 1. The number of rotatable bonds is 3. The highest BCUT2D eigenvalue weighted by atomic mass is 79.9. The molecule has 4 rings (SSSR count). The van der Waals surface area contributed by atoms with Gasteiger partial charge < -0.3 is 14.5 Å². The van der Waals surface area contributed by atoms with Crippen LogP contribution in [-0.4, -0.2) is 36.2 Å². The SMILES string of the molecule is O=C(OCc1ccccc1)N1CC2CCC(C1)N2c1cccc(Br)c1. The van der Waals surface area contributed by atoms with Crippen molar-refractivity contribution in [3.8, 4) is 0 Å². The smallest absolute Gasteiger partial charge is 0.410 e. The van der Waals surface area contributed by atoms with Gasteiger partial charge in [0.2, 0.25) is 0 Å². The van der Waals surface area contributed by atoms with E-state index in [2.05, 4.69) is 39.0 Å². The van der Waals surface area contributed by atoms with Crippen LogP contribution in [0.4, 0.5) is 10.5 Å². The van der Waals surface area contributed by atoms with Gasteiger partial charge in [0.1, 0.15) is 6.61 Å². The maximum Gasteiger partial charge on any atom is 0.410 e. The molecular weight excluding hydrogens is 380 g/mol. The Kier molecular flexibility index (Phi) is 4.66. The zero-order valence-electron chi connectivity index (χ0n) is 14.0. The number of halogens is 1. The lowest BCUT2D eigenvalue weighted by Crippen LogP contribution is -2.55. The molecule has 130 valence electrons. The summed E-state index contributed by atoms with van der Waals surface area (Å²) in [5.74, 6) is 0. The number of amides is 1. The van der Waals surface area contributed by atoms with E-state index < -0.39 is 0 Å². The number of piperazine rings is 1. The number of likely N-dealkylation sites (tertiary alicyclic amines) is 1. The molecule has 0 saturated carbocycles. The first-order chi connectivity index (χ1) is 12.2. The highest BCUT2D eigenvalue weighted by molar-refractivity contribution is 9.10. The van der Waals surface area contributed by atoms with E-state index in [1.165, 1.54) is 5.69 Å². The van der Waals surface area contributed by atoms with Gasteiger partial charge in [-0.15, -0.1) is 0 Å². The summed E-state index contributed by atoms with van der Waals surface area (Å²) in [5.41, 5.74) is 2.26. The molecule has 2 aliphatic rings. The number of carbonyl (C=O) groups is 1. The van der Waals surface area contributed by atoms with E-state index in [1.807, 2.05) is 41.3 Å². The van der Waals surface area contributed by atoms with E-state index >= 15 is 0 Å². The van der Waals surface area contributed by atoms with Crippen molar-refractivity contribution in [3.63, 3.8) is 0 Å². The first kappa shape index (κ1) is 16.5. The van der Waals surface area contributed by atoms with E-state index in [0.29, 0.717) is 18.7 Å². The fraction of sp³-hybridized carbons (Fsp3) is 0.350. The minimum Gasteiger partial charge on any atom is -0.445 e. The van der Waals surface area contributed by atoms with Crippen LogP contribution in [0, 0.1) is 0 Å². The quantitative estimate of drug-likeness (QED) is 0.763. The second-order valence-electron chi connectivity index (χ2n) is 6.72. The van der Waals surface area contributed by atoms with Crippen LogP contribution in [0.3, 0.4) is 0 Å². The molecule has 2 unspecified atom stereocenters. The van der Waals surface area contributed by atoms with Gasteiger partial charge in [-0.25, -0.2) is 4.79 Å². The summed E-state index contributed by atoms with van der Waals surface area (Å²) < 4.78 is 6.60. The highest BCUT2D eigenvalue weighted by Gasteiger charge is 2.41. The molecule has 0 aromatic heterocycles. The molecule has 0 radical (unpaired) electrons. The maximum absolute atomic E-state index is 12.5. The van der Waals surface area contributed by atoms with Crippen LogP contribution >= 0.6 is 15.9 Å². The van der Waals surface area contributed by atoms with Gasteiger partial charge in [-0.3, -0.25) is 0 Å². The largest absolute Gasteiger partial charge is 0.445 e. The number of anilines is 1. The van der Waals surface area contributed by atoms with E-state index in [1.54, 1.807) is 0 Å². The van der Waals surface area contributed by atoms with E-state index in [9.17, 15) is 4.79 Å². The Bertz CT molecular complexity index is 738. The fourth-order valence-corrected chi connectivity index (χ4v) is 4.31. The lowest BCUT2D eigenvalue weighted by Gasteiger charge is -2.42. The Balaban J connectivity index is 1.40. The molecule has 0 aliphatic carbocycles. The summed E-state index contributed by atoms with van der Waals surface area (Å²) in [7, 11) is 0. The molecule has 2 aliphatic heterocycles. The molecule has 2 bridgehead atoms. The summed E-state index contributed by atoms with van der Waals surface area (Å²) in [6.45, 7) is 1.80. The van der Waals surface area contributed by atoms with Gasteiger partial charge in [-0.1, -0.05) is 52.3 Å². The fourth-order valence-electron chi connectivity index (χ4n) is 3.92. The predicted octanol–water partition coefficient (Wildman–Crippen LogP) is 4.44. The lowest BCUT2D eigenvalue weighted by molar-refractivity contribution is 0.0881. The van der Waals surface area contributed by atoms with Crippen LogP contribution in [0.1, 0.15) is 18.4 Å². The van der Waals surface area contributed by atoms with Gasteiger partial charge in [-0.2, -0.15) is 0 Å². The lowest BCUT2D eigenvalue weighted by atomic mass is 10.1. The molecule has 2 atom stereocenters. The Labute approximate surface area is 156 Å². The summed E-state index contributed by atoms with van der Waals surface area (Å²) in [6.07, 6.45) is 2.05. The van der Waals surface area contributed by atoms with E-state index in [-0.39, 0.29) is 6.09 Å². The van der Waals surface area contributed by atoms with Crippen molar-refractivity contribution in [2.45, 2.75) is 31.5 Å². The number of fused-ring (bicyclic) bond motifs is 2. The van der Waals surface area contributed by atoms with Crippen LogP contribution in [-0.2, 0) is 11.3 Å². The molecule has 2 fully saturated rings. The predicted molar refractivity (Wildman–Crippen MR) is 102 cm³/mol. The van der Waals surface area contributed by atoms with Gasteiger partial charge >= 0.3 is 6.09 Å². The third-order valence-electron chi connectivity index (χ3n) is 5.05. The zero-order valence-corrected chi connectivity index (χ0v) is 15.6. The molecule has 4 nitrogen and oxygen atoms in total. The highest BCUT2D eigenvalue weighted by Crippen LogP contribution is 2.36. The van der Waals surface area contributed by atoms with E-state index in [4.69, 9.17) is 4.74 Å². The number of hydrogen-bond donors (Lipinski definition) is 0. The number of nitrogens with zero attached hydrogens (tertiary/aromatic N) is 2. The minimum absolute atomic E-state index is 0.199. The van der Waals surface area contributed by atoms with Crippen molar-refractivity contribution in [2.75, 3.05) is 18.0 Å². The number of carbonyl (C=O) groups excluding carboxylic acids is 1. The molecule has 0 N–H and O–H groups in total. The average molecular weight is 401 g/mol. The molecule has 2 saturated heterocycles. The standard InChI is InChI=1S/C20H21BrN2O2/c21-16-7-4-8-17(11-16)23-18-9-10-19(23)13-22(12-18)20(24)25-14-15-5-2-1-3-6-15/h1-8,11,18-19H,9-10,12-14H2. The van der Waals surface area contributed by atoms with Gasteiger partial charge in [0.25, 0.3) is 0 Å². The van der Waals surface area contributed by atoms with Gasteiger partial charge in [0.05, 0.1) is 0 Å². The summed E-state index contributed by atoms with van der Waals surface area (Å²) in [4.78, 5) is 16.8. The number of hydrogen-bond acceptors (Lipinski definition) is 3. The molecule has 1 amide bonds. The molecule has 5 heteroatoms. The van der Waals surface area contributed by atoms with Gasteiger partial charge in [0, 0.05) is 35.3 Å². The number of benzene rings is 2. The van der Waals surface area contributed by atoms with Crippen LogP contribution < -0.4 is 4.90 Å². The molecule has 2 heterocycles. The average Bonchev–Trinajstić information content (AvgIpc) is 2.90. The van der Waals surface area contributed by atoms with Crippen LogP contribution in [0.15, 0.2) is 59.1 Å². The molecule has 2 aromatic rings. The Morgan fingerprint density at radius 1 is 1.04 bits per heavy atom. The molecular formula is C20H21BrN2O2. The summed E-state index contributed by atoms with van der Waals surface area (Å²) in [6, 6.07) is 19.0. The second kappa shape index (κ2) is 7.08. The summed E-state index contributed by atoms with van der Waals surface area (Å²) >= 11 is 3.56. The Hall–Kier alpha value is -2.01. The Morgan fingerprint density at radius 2 is 1.76 bits per heavy atom. The summed E-state index contributed by atoms with van der Waals surface area (Å²) in [5, 5.41) is 0. The van der Waals surface area contributed by atoms with E-state index in [0.717, 1.165) is 36.0 Å². The van der Waals surface area contributed by atoms with Crippen LogP contribution in [0.5, 0.6) is 0 Å². The molecule has 25 heavy (non-hydrogen) atoms.